The van der Waals surface area contributed by atoms with Crippen LogP contribution in [-0.2, 0) is 16.1 Å². The first-order valence-electron chi connectivity index (χ1n) is 6.37. The molecular formula is C14H20N2O3. The van der Waals surface area contributed by atoms with Crippen molar-refractivity contribution in [2.45, 2.75) is 39.3 Å². The lowest BCUT2D eigenvalue weighted by Gasteiger charge is -2.09. The molecule has 0 bridgehead atoms. The SMILES string of the molecule is CCCC(=O)Nc1cccc(CNC(=O)C(C)O)c1. The van der Waals surface area contributed by atoms with Crippen LogP contribution < -0.4 is 10.6 Å². The average molecular weight is 264 g/mol. The summed E-state index contributed by atoms with van der Waals surface area (Å²) in [7, 11) is 0. The van der Waals surface area contributed by atoms with Crippen molar-refractivity contribution in [3.63, 3.8) is 0 Å². The van der Waals surface area contributed by atoms with Gasteiger partial charge in [0.2, 0.25) is 11.8 Å². The van der Waals surface area contributed by atoms with E-state index < -0.39 is 12.0 Å². The van der Waals surface area contributed by atoms with Crippen LogP contribution in [0, 0.1) is 0 Å². The zero-order chi connectivity index (χ0) is 14.3. The predicted molar refractivity (Wildman–Crippen MR) is 73.5 cm³/mol. The second-order valence-corrected chi connectivity index (χ2v) is 4.39. The minimum absolute atomic E-state index is 0.0207. The van der Waals surface area contributed by atoms with Crippen LogP contribution in [0.1, 0.15) is 32.3 Å². The van der Waals surface area contributed by atoms with E-state index in [1.54, 1.807) is 12.1 Å². The summed E-state index contributed by atoms with van der Waals surface area (Å²) in [6.07, 6.45) is 0.270. The van der Waals surface area contributed by atoms with Crippen LogP contribution in [0.5, 0.6) is 0 Å². The van der Waals surface area contributed by atoms with E-state index in [1.165, 1.54) is 6.92 Å². The summed E-state index contributed by atoms with van der Waals surface area (Å²) in [4.78, 5) is 22.7. The maximum Gasteiger partial charge on any atom is 0.248 e. The van der Waals surface area contributed by atoms with Crippen molar-refractivity contribution in [3.05, 3.63) is 29.8 Å². The van der Waals surface area contributed by atoms with Gasteiger partial charge in [-0.25, -0.2) is 0 Å². The number of carbonyl (C=O) groups excluding carboxylic acids is 2. The summed E-state index contributed by atoms with van der Waals surface area (Å²) >= 11 is 0. The highest BCUT2D eigenvalue weighted by Crippen LogP contribution is 2.11. The summed E-state index contributed by atoms with van der Waals surface area (Å²) < 4.78 is 0. The molecule has 0 saturated carbocycles. The van der Waals surface area contributed by atoms with Crippen LogP contribution in [0.15, 0.2) is 24.3 Å². The van der Waals surface area contributed by atoms with Crippen LogP contribution in [0.25, 0.3) is 0 Å². The molecule has 19 heavy (non-hydrogen) atoms. The Labute approximate surface area is 113 Å². The minimum Gasteiger partial charge on any atom is -0.384 e. The Bertz CT molecular complexity index is 444. The first-order chi connectivity index (χ1) is 9.02. The number of carbonyl (C=O) groups is 2. The lowest BCUT2D eigenvalue weighted by atomic mass is 10.2. The molecule has 0 aliphatic rings. The molecule has 5 nitrogen and oxygen atoms in total. The first-order valence-corrected chi connectivity index (χ1v) is 6.37. The molecular weight excluding hydrogens is 244 g/mol. The number of benzene rings is 1. The Kier molecular flexibility index (Phi) is 6.02. The normalized spacial score (nSPS) is 11.7. The number of rotatable bonds is 6. The van der Waals surface area contributed by atoms with Crippen molar-refractivity contribution in [1.82, 2.24) is 5.32 Å². The molecule has 3 N–H and O–H groups in total. The van der Waals surface area contributed by atoms with E-state index in [2.05, 4.69) is 10.6 Å². The Morgan fingerprint density at radius 1 is 1.37 bits per heavy atom. The highest BCUT2D eigenvalue weighted by atomic mass is 16.3. The van der Waals surface area contributed by atoms with E-state index in [-0.39, 0.29) is 5.91 Å². The highest BCUT2D eigenvalue weighted by molar-refractivity contribution is 5.90. The number of hydrogen-bond acceptors (Lipinski definition) is 3. The Morgan fingerprint density at radius 2 is 2.11 bits per heavy atom. The molecule has 104 valence electrons. The Balaban J connectivity index is 2.57. The van der Waals surface area contributed by atoms with Crippen molar-refractivity contribution in [2.75, 3.05) is 5.32 Å². The molecule has 0 aromatic heterocycles. The van der Waals surface area contributed by atoms with Gasteiger partial charge in [-0.15, -0.1) is 0 Å². The third-order valence-corrected chi connectivity index (χ3v) is 2.53. The van der Waals surface area contributed by atoms with E-state index >= 15 is 0 Å². The summed E-state index contributed by atoms with van der Waals surface area (Å²) in [6, 6.07) is 7.26. The van der Waals surface area contributed by atoms with Crippen LogP contribution in [0.2, 0.25) is 0 Å². The zero-order valence-corrected chi connectivity index (χ0v) is 11.3. The van der Waals surface area contributed by atoms with Gasteiger partial charge in [0, 0.05) is 18.7 Å². The van der Waals surface area contributed by atoms with Crippen LogP contribution in [0.3, 0.4) is 0 Å². The van der Waals surface area contributed by atoms with E-state index in [4.69, 9.17) is 5.11 Å². The molecule has 5 heteroatoms. The summed E-state index contributed by atoms with van der Waals surface area (Å²) in [5.74, 6) is -0.437. The number of aliphatic hydroxyl groups excluding tert-OH is 1. The van der Waals surface area contributed by atoms with Crippen molar-refractivity contribution >= 4 is 17.5 Å². The van der Waals surface area contributed by atoms with Gasteiger partial charge in [0.1, 0.15) is 6.10 Å². The van der Waals surface area contributed by atoms with Crippen molar-refractivity contribution in [2.24, 2.45) is 0 Å². The van der Waals surface area contributed by atoms with Gasteiger partial charge in [-0.1, -0.05) is 19.1 Å². The number of hydrogen-bond donors (Lipinski definition) is 3. The van der Waals surface area contributed by atoms with Crippen LogP contribution in [0.4, 0.5) is 5.69 Å². The topological polar surface area (TPSA) is 78.4 Å². The predicted octanol–water partition coefficient (Wildman–Crippen LogP) is 1.42. The zero-order valence-electron chi connectivity index (χ0n) is 11.3. The number of anilines is 1. The molecule has 1 unspecified atom stereocenters. The van der Waals surface area contributed by atoms with E-state index in [0.29, 0.717) is 18.7 Å². The summed E-state index contributed by atoms with van der Waals surface area (Å²) in [6.45, 7) is 3.68. The van der Waals surface area contributed by atoms with E-state index in [9.17, 15) is 9.59 Å². The first kappa shape index (κ1) is 15.2. The molecule has 0 saturated heterocycles. The Hall–Kier alpha value is -1.88. The van der Waals surface area contributed by atoms with Crippen molar-refractivity contribution < 1.29 is 14.7 Å². The third-order valence-electron chi connectivity index (χ3n) is 2.53. The molecule has 0 fully saturated rings. The van der Waals surface area contributed by atoms with Crippen LogP contribution >= 0.6 is 0 Å². The molecule has 0 radical (unpaired) electrons. The largest absolute Gasteiger partial charge is 0.384 e. The number of amides is 2. The van der Waals surface area contributed by atoms with Crippen molar-refractivity contribution in [3.8, 4) is 0 Å². The molecule has 1 atom stereocenters. The molecule has 0 heterocycles. The molecule has 1 aromatic rings. The maximum absolute atomic E-state index is 11.5. The quantitative estimate of drug-likeness (QED) is 0.727. The van der Waals surface area contributed by atoms with Gasteiger partial charge in [-0.05, 0) is 31.0 Å². The fraction of sp³-hybridized carbons (Fsp3) is 0.429. The van der Waals surface area contributed by atoms with Gasteiger partial charge in [0.15, 0.2) is 0 Å². The van der Waals surface area contributed by atoms with E-state index in [1.807, 2.05) is 19.1 Å². The maximum atomic E-state index is 11.5. The van der Waals surface area contributed by atoms with Gasteiger partial charge in [-0.2, -0.15) is 0 Å². The standard InChI is InChI=1S/C14H20N2O3/c1-3-5-13(18)16-12-7-4-6-11(8-12)9-15-14(19)10(2)17/h4,6-8,10,17H,3,5,9H2,1-2H3,(H,15,19)(H,16,18). The van der Waals surface area contributed by atoms with E-state index in [0.717, 1.165) is 12.0 Å². The fourth-order valence-electron chi connectivity index (χ4n) is 1.55. The summed E-state index contributed by atoms with van der Waals surface area (Å²) in [5, 5.41) is 14.5. The third kappa shape index (κ3) is 5.52. The van der Waals surface area contributed by atoms with Gasteiger partial charge in [0.05, 0.1) is 0 Å². The van der Waals surface area contributed by atoms with Gasteiger partial charge < -0.3 is 15.7 Å². The summed E-state index contributed by atoms with van der Waals surface area (Å²) in [5.41, 5.74) is 1.57. The van der Waals surface area contributed by atoms with Gasteiger partial charge in [0.25, 0.3) is 0 Å². The lowest BCUT2D eigenvalue weighted by molar-refractivity contribution is -0.128. The number of aliphatic hydroxyl groups is 1. The molecule has 0 aliphatic carbocycles. The monoisotopic (exact) mass is 264 g/mol. The molecule has 1 rings (SSSR count). The van der Waals surface area contributed by atoms with Crippen LogP contribution in [-0.4, -0.2) is 23.0 Å². The van der Waals surface area contributed by atoms with Gasteiger partial charge >= 0.3 is 0 Å². The second-order valence-electron chi connectivity index (χ2n) is 4.39. The number of nitrogens with one attached hydrogen (secondary N) is 2. The highest BCUT2D eigenvalue weighted by Gasteiger charge is 2.08. The fourth-order valence-corrected chi connectivity index (χ4v) is 1.55. The Morgan fingerprint density at radius 3 is 2.74 bits per heavy atom. The molecule has 0 spiro atoms. The average Bonchev–Trinajstić information content (AvgIpc) is 2.36. The smallest absolute Gasteiger partial charge is 0.248 e. The molecule has 0 aliphatic heterocycles. The lowest BCUT2D eigenvalue weighted by Crippen LogP contribution is -2.31. The minimum atomic E-state index is -1.02. The van der Waals surface area contributed by atoms with Crippen molar-refractivity contribution in [1.29, 1.82) is 0 Å². The van der Waals surface area contributed by atoms with Gasteiger partial charge in [-0.3, -0.25) is 9.59 Å². The molecule has 2 amide bonds. The second kappa shape index (κ2) is 7.53. The molecule has 1 aromatic carbocycles.